The Labute approximate surface area is 188 Å². The lowest BCUT2D eigenvalue weighted by Gasteiger charge is -2.27. The number of likely N-dealkylation sites (tertiary alicyclic amines) is 1. The number of aliphatic hydroxyl groups excluding tert-OH is 1. The molecule has 7 heteroatoms. The first-order valence-electron chi connectivity index (χ1n) is 10.5. The number of carbonyl (C=O) groups is 2. The van der Waals surface area contributed by atoms with Gasteiger partial charge in [0.2, 0.25) is 0 Å². The van der Waals surface area contributed by atoms with Crippen molar-refractivity contribution in [1.82, 2.24) is 9.80 Å². The van der Waals surface area contributed by atoms with Crippen LogP contribution in [0.4, 0.5) is 0 Å². The Hall–Kier alpha value is -3.32. The summed E-state index contributed by atoms with van der Waals surface area (Å²) >= 11 is 0. The molecule has 0 spiro atoms. The largest absolute Gasteiger partial charge is 0.507 e. The van der Waals surface area contributed by atoms with Crippen molar-refractivity contribution in [2.75, 3.05) is 41.4 Å². The first-order chi connectivity index (χ1) is 15.3. The van der Waals surface area contributed by atoms with E-state index in [9.17, 15) is 14.7 Å². The lowest BCUT2D eigenvalue weighted by Crippen LogP contribution is -2.32. The molecule has 1 fully saturated rings. The van der Waals surface area contributed by atoms with Gasteiger partial charge in [0.25, 0.3) is 11.7 Å². The second-order valence-corrected chi connectivity index (χ2v) is 8.10. The summed E-state index contributed by atoms with van der Waals surface area (Å²) in [6.45, 7) is 3.05. The highest BCUT2D eigenvalue weighted by molar-refractivity contribution is 6.46. The molecule has 0 saturated carbocycles. The quantitative estimate of drug-likeness (QED) is 0.387. The summed E-state index contributed by atoms with van der Waals surface area (Å²) in [4.78, 5) is 29.7. The van der Waals surface area contributed by atoms with Crippen LogP contribution in [-0.4, -0.2) is 68.0 Å². The molecule has 2 aromatic rings. The summed E-state index contributed by atoms with van der Waals surface area (Å²) in [5, 5.41) is 11.2. The van der Waals surface area contributed by atoms with Crippen LogP contribution in [0.15, 0.2) is 48.0 Å². The summed E-state index contributed by atoms with van der Waals surface area (Å²) in [5.74, 6) is -0.628. The predicted molar refractivity (Wildman–Crippen MR) is 123 cm³/mol. The van der Waals surface area contributed by atoms with Crippen LogP contribution in [-0.2, 0) is 9.59 Å². The van der Waals surface area contributed by atoms with E-state index in [0.29, 0.717) is 35.6 Å². The van der Waals surface area contributed by atoms with Crippen LogP contribution >= 0.6 is 0 Å². The number of ketones is 1. The highest BCUT2D eigenvalue weighted by atomic mass is 16.5. The molecule has 1 aliphatic rings. The van der Waals surface area contributed by atoms with Crippen LogP contribution in [0.1, 0.15) is 29.2 Å². The van der Waals surface area contributed by atoms with Gasteiger partial charge in [0.15, 0.2) is 11.5 Å². The Balaban J connectivity index is 2.19. The first-order valence-corrected chi connectivity index (χ1v) is 10.5. The third kappa shape index (κ3) is 4.48. The number of methoxy groups -OCH3 is 2. The third-order valence-electron chi connectivity index (χ3n) is 5.60. The fourth-order valence-corrected chi connectivity index (χ4v) is 3.99. The molecular weight excluding hydrogens is 408 g/mol. The highest BCUT2D eigenvalue weighted by Crippen LogP contribution is 2.45. The molecule has 32 heavy (non-hydrogen) atoms. The number of hydrogen-bond donors (Lipinski definition) is 1. The van der Waals surface area contributed by atoms with E-state index in [1.165, 1.54) is 19.1 Å². The van der Waals surface area contributed by atoms with E-state index in [0.717, 1.165) is 12.1 Å². The summed E-state index contributed by atoms with van der Waals surface area (Å²) in [7, 11) is 6.95. The molecule has 1 saturated heterocycles. The molecule has 3 rings (SSSR count). The number of aryl methyl sites for hydroxylation is 1. The van der Waals surface area contributed by atoms with Crippen LogP contribution in [0.3, 0.4) is 0 Å². The summed E-state index contributed by atoms with van der Waals surface area (Å²) in [6.07, 6.45) is 0.674. The Kier molecular flexibility index (Phi) is 7.20. The second kappa shape index (κ2) is 9.87. The number of hydrogen-bond acceptors (Lipinski definition) is 6. The zero-order chi connectivity index (χ0) is 23.4. The van der Waals surface area contributed by atoms with Gasteiger partial charge in [-0.25, -0.2) is 0 Å². The Morgan fingerprint density at radius 1 is 1.06 bits per heavy atom. The van der Waals surface area contributed by atoms with E-state index in [4.69, 9.17) is 9.47 Å². The van der Waals surface area contributed by atoms with Gasteiger partial charge in [-0.3, -0.25) is 9.59 Å². The van der Waals surface area contributed by atoms with Crippen molar-refractivity contribution in [2.45, 2.75) is 19.4 Å². The molecule has 2 aromatic carbocycles. The first kappa shape index (κ1) is 23.3. The minimum atomic E-state index is -0.788. The van der Waals surface area contributed by atoms with Crippen LogP contribution < -0.4 is 9.47 Å². The molecule has 1 unspecified atom stereocenters. The van der Waals surface area contributed by atoms with E-state index < -0.39 is 17.7 Å². The molecule has 170 valence electrons. The monoisotopic (exact) mass is 438 g/mol. The maximum absolute atomic E-state index is 13.1. The fraction of sp³-hybridized carbons (Fsp3) is 0.360. The number of ether oxygens (including phenoxy) is 2. The van der Waals surface area contributed by atoms with Gasteiger partial charge in [0.05, 0.1) is 25.8 Å². The van der Waals surface area contributed by atoms with Gasteiger partial charge in [0.1, 0.15) is 5.76 Å². The van der Waals surface area contributed by atoms with Gasteiger partial charge in [-0.1, -0.05) is 42.0 Å². The van der Waals surface area contributed by atoms with E-state index in [-0.39, 0.29) is 11.3 Å². The minimum absolute atomic E-state index is 0.0512. The summed E-state index contributed by atoms with van der Waals surface area (Å²) in [6, 6.07) is 11.7. The van der Waals surface area contributed by atoms with Gasteiger partial charge < -0.3 is 24.4 Å². The average molecular weight is 439 g/mol. The molecule has 1 amide bonds. The van der Waals surface area contributed by atoms with E-state index in [1.54, 1.807) is 30.3 Å². The number of amides is 1. The number of aliphatic hydroxyl groups is 1. The molecular formula is C25H30N2O5. The zero-order valence-electron chi connectivity index (χ0n) is 19.2. The van der Waals surface area contributed by atoms with Crippen molar-refractivity contribution in [3.05, 3.63) is 64.7 Å². The molecule has 0 bridgehead atoms. The summed E-state index contributed by atoms with van der Waals surface area (Å²) < 4.78 is 11.0. The van der Waals surface area contributed by atoms with Crippen molar-refractivity contribution in [2.24, 2.45) is 0 Å². The molecule has 1 heterocycles. The molecule has 7 nitrogen and oxygen atoms in total. The molecule has 0 radical (unpaired) electrons. The molecule has 0 aliphatic carbocycles. The smallest absolute Gasteiger partial charge is 0.295 e. The Morgan fingerprint density at radius 2 is 1.75 bits per heavy atom. The Morgan fingerprint density at radius 3 is 2.34 bits per heavy atom. The number of rotatable bonds is 8. The van der Waals surface area contributed by atoms with Gasteiger partial charge in [-0.2, -0.15) is 0 Å². The van der Waals surface area contributed by atoms with Crippen molar-refractivity contribution in [3.63, 3.8) is 0 Å². The highest BCUT2D eigenvalue weighted by Gasteiger charge is 2.47. The predicted octanol–water partition coefficient (Wildman–Crippen LogP) is 3.39. The van der Waals surface area contributed by atoms with Gasteiger partial charge in [0, 0.05) is 17.7 Å². The molecule has 0 aromatic heterocycles. The van der Waals surface area contributed by atoms with Crippen molar-refractivity contribution in [1.29, 1.82) is 0 Å². The van der Waals surface area contributed by atoms with E-state index in [2.05, 4.69) is 0 Å². The van der Waals surface area contributed by atoms with E-state index >= 15 is 0 Å². The number of para-hydroxylation sites is 1. The number of benzene rings is 2. The van der Waals surface area contributed by atoms with Crippen LogP contribution in [0.5, 0.6) is 11.5 Å². The maximum Gasteiger partial charge on any atom is 0.295 e. The van der Waals surface area contributed by atoms with Crippen molar-refractivity contribution >= 4 is 17.4 Å². The van der Waals surface area contributed by atoms with Crippen molar-refractivity contribution < 1.29 is 24.2 Å². The summed E-state index contributed by atoms with van der Waals surface area (Å²) in [5.41, 5.74) is 2.14. The fourth-order valence-electron chi connectivity index (χ4n) is 3.99. The molecule has 1 atom stereocenters. The SMILES string of the molecule is COc1cccc(C2/C(=C(/O)c3ccc(C)cc3)C(=O)C(=O)N2CCCN(C)C)c1OC. The lowest BCUT2D eigenvalue weighted by molar-refractivity contribution is -0.140. The molecule has 1 aliphatic heterocycles. The van der Waals surface area contributed by atoms with E-state index in [1.807, 2.05) is 38.1 Å². The Bertz CT molecular complexity index is 1030. The second-order valence-electron chi connectivity index (χ2n) is 8.10. The number of nitrogens with zero attached hydrogens (tertiary/aromatic N) is 2. The number of carbonyl (C=O) groups excluding carboxylic acids is 2. The van der Waals surface area contributed by atoms with Crippen LogP contribution in [0.25, 0.3) is 5.76 Å². The number of Topliss-reactive ketones (excluding diaryl/α,β-unsaturated/α-hetero) is 1. The zero-order valence-corrected chi connectivity index (χ0v) is 19.2. The lowest BCUT2D eigenvalue weighted by atomic mass is 9.94. The minimum Gasteiger partial charge on any atom is -0.507 e. The average Bonchev–Trinajstić information content (AvgIpc) is 3.03. The van der Waals surface area contributed by atoms with Crippen LogP contribution in [0, 0.1) is 6.92 Å². The topological polar surface area (TPSA) is 79.3 Å². The normalized spacial score (nSPS) is 17.8. The maximum atomic E-state index is 13.1. The molecule has 1 N–H and O–H groups in total. The van der Waals surface area contributed by atoms with Gasteiger partial charge in [-0.05, 0) is 40.1 Å². The van der Waals surface area contributed by atoms with Gasteiger partial charge >= 0.3 is 0 Å². The van der Waals surface area contributed by atoms with Gasteiger partial charge in [-0.15, -0.1) is 0 Å². The van der Waals surface area contributed by atoms with Crippen molar-refractivity contribution in [3.8, 4) is 11.5 Å². The standard InChI is InChI=1S/C25H30N2O5/c1-16-10-12-17(13-11-16)22(28)20-21(18-8-6-9-19(31-4)24(18)32-5)27(25(30)23(20)29)15-7-14-26(2)3/h6,8-13,21,28H,7,14-15H2,1-5H3/b22-20-. The van der Waals surface area contributed by atoms with Crippen LogP contribution in [0.2, 0.25) is 0 Å². The third-order valence-corrected chi connectivity index (χ3v) is 5.60.